The van der Waals surface area contributed by atoms with Gasteiger partial charge in [0.15, 0.2) is 16.6 Å². The van der Waals surface area contributed by atoms with Crippen LogP contribution in [-0.2, 0) is 15.3 Å². The molecule has 0 unspecified atom stereocenters. The van der Waals surface area contributed by atoms with Gasteiger partial charge in [-0.3, -0.25) is 9.78 Å². The van der Waals surface area contributed by atoms with E-state index in [0.717, 1.165) is 11.3 Å². The minimum atomic E-state index is -2.18. The summed E-state index contributed by atoms with van der Waals surface area (Å²) < 4.78 is 19.0. The van der Waals surface area contributed by atoms with Gasteiger partial charge in [0.25, 0.3) is 5.91 Å². The van der Waals surface area contributed by atoms with E-state index in [9.17, 15) is 4.79 Å². The van der Waals surface area contributed by atoms with Crippen molar-refractivity contribution in [2.24, 2.45) is 0 Å². The highest BCUT2D eigenvalue weighted by Crippen LogP contribution is 2.39. The van der Waals surface area contributed by atoms with Crippen molar-refractivity contribution in [1.82, 2.24) is 10.3 Å². The van der Waals surface area contributed by atoms with Crippen molar-refractivity contribution in [3.63, 3.8) is 0 Å². The number of hydrogen-bond acceptors (Lipinski definition) is 5. The summed E-state index contributed by atoms with van der Waals surface area (Å²) in [5.74, 6) is 0.592. The molecule has 6 nitrogen and oxygen atoms in total. The van der Waals surface area contributed by atoms with Crippen LogP contribution in [0.3, 0.4) is 0 Å². The van der Waals surface area contributed by atoms with E-state index in [2.05, 4.69) is 90.2 Å². The number of nitrogens with zero attached hydrogens (tertiary/aromatic N) is 1. The van der Waals surface area contributed by atoms with Crippen molar-refractivity contribution >= 4 is 22.5 Å². The van der Waals surface area contributed by atoms with Crippen LogP contribution >= 0.6 is 0 Å². The quantitative estimate of drug-likeness (QED) is 0.314. The molecule has 2 atom stereocenters. The lowest BCUT2D eigenvalue weighted by molar-refractivity contribution is 0.0747. The summed E-state index contributed by atoms with van der Waals surface area (Å²) in [6.07, 6.45) is 2.01. The lowest BCUT2D eigenvalue weighted by atomic mass is 10.0. The number of nitrogens with one attached hydrogen (secondary N) is 1. The molecule has 2 aromatic rings. The average molecular weight is 545 g/mol. The summed E-state index contributed by atoms with van der Waals surface area (Å²) in [5, 5.41) is 3.31. The molecular formula is C29H48N2O4Si2. The first-order valence-electron chi connectivity index (χ1n) is 13.1. The van der Waals surface area contributed by atoms with Crippen LogP contribution in [0.2, 0.25) is 36.3 Å². The normalized spacial score (nSPS) is 14.7. The number of carbonyl (C=O) groups is 1. The van der Waals surface area contributed by atoms with E-state index in [1.54, 1.807) is 19.4 Å². The first-order valence-corrected chi connectivity index (χ1v) is 18.9. The Morgan fingerprint density at radius 2 is 1.51 bits per heavy atom. The van der Waals surface area contributed by atoms with E-state index in [0.29, 0.717) is 18.7 Å². The number of methoxy groups -OCH3 is 1. The number of aromatic nitrogens is 1. The molecule has 0 aliphatic rings. The Kier molecular flexibility index (Phi) is 10.3. The van der Waals surface area contributed by atoms with Crippen LogP contribution in [-0.4, -0.2) is 53.4 Å². The molecule has 0 aliphatic heterocycles. The average Bonchev–Trinajstić information content (AvgIpc) is 2.80. The van der Waals surface area contributed by atoms with Crippen LogP contribution < -0.4 is 10.1 Å². The van der Waals surface area contributed by atoms with Gasteiger partial charge in [-0.15, -0.1) is 0 Å². The second kappa shape index (κ2) is 12.2. The van der Waals surface area contributed by atoms with Crippen molar-refractivity contribution in [3.05, 3.63) is 59.9 Å². The second-order valence-corrected chi connectivity index (χ2v) is 22.4. The first-order chi connectivity index (χ1) is 17.0. The van der Waals surface area contributed by atoms with Crippen molar-refractivity contribution in [1.29, 1.82) is 0 Å². The number of hydrogen-bond donors (Lipinski definition) is 1. The molecule has 1 aromatic heterocycles. The lowest BCUT2D eigenvalue weighted by Crippen LogP contribution is -2.56. The van der Waals surface area contributed by atoms with E-state index in [-0.39, 0.29) is 28.1 Å². The molecule has 1 N–H and O–H groups in total. The van der Waals surface area contributed by atoms with Gasteiger partial charge in [0.2, 0.25) is 0 Å². The maximum absolute atomic E-state index is 13.3. The third-order valence-electron chi connectivity index (χ3n) is 7.94. The van der Waals surface area contributed by atoms with E-state index in [1.165, 1.54) is 0 Å². The molecule has 1 amide bonds. The molecular weight excluding hydrogens is 497 g/mol. The topological polar surface area (TPSA) is 69.7 Å². The number of amides is 1. The van der Waals surface area contributed by atoms with Gasteiger partial charge >= 0.3 is 0 Å². The van der Waals surface area contributed by atoms with E-state index >= 15 is 0 Å². The monoisotopic (exact) mass is 544 g/mol. The highest BCUT2D eigenvalue weighted by molar-refractivity contribution is 6.74. The van der Waals surface area contributed by atoms with Crippen LogP contribution in [0.5, 0.6) is 5.75 Å². The Morgan fingerprint density at radius 3 is 2.00 bits per heavy atom. The van der Waals surface area contributed by atoms with Gasteiger partial charge in [-0.1, -0.05) is 59.7 Å². The van der Waals surface area contributed by atoms with Gasteiger partial charge in [-0.2, -0.15) is 0 Å². The fraction of sp³-hybridized carbons (Fsp3) is 0.586. The standard InChI is InChI=1S/C29H48N2O4Si2/c1-28(2,3)36(8,9)34-21-25(31-27(32)24-14-12-13-19-30-24)26(35-37(10,11)29(4,5)6)20-22-15-17-23(33-7)18-16-22/h12-19,25-26H,20-21H2,1-11H3,(H,31,32)/t25-,26-/m1/s1. The summed E-state index contributed by atoms with van der Waals surface area (Å²) in [6.45, 7) is 22.7. The van der Waals surface area contributed by atoms with Gasteiger partial charge in [-0.05, 0) is 72.5 Å². The number of benzene rings is 1. The zero-order valence-corrected chi connectivity index (χ0v) is 26.8. The molecule has 206 valence electrons. The molecule has 37 heavy (non-hydrogen) atoms. The molecule has 0 spiro atoms. The lowest BCUT2D eigenvalue weighted by Gasteiger charge is -2.43. The maximum atomic E-state index is 13.3. The predicted octanol–water partition coefficient (Wildman–Crippen LogP) is 6.84. The van der Waals surface area contributed by atoms with Crippen LogP contribution in [0.15, 0.2) is 48.7 Å². The van der Waals surface area contributed by atoms with Crippen LogP contribution in [0, 0.1) is 0 Å². The largest absolute Gasteiger partial charge is 0.497 e. The summed E-state index contributed by atoms with van der Waals surface area (Å²) in [7, 11) is -2.58. The minimum Gasteiger partial charge on any atom is -0.497 e. The number of ether oxygens (including phenoxy) is 1. The Bertz CT molecular complexity index is 997. The molecule has 0 radical (unpaired) electrons. The third-order valence-corrected chi connectivity index (χ3v) is 16.9. The van der Waals surface area contributed by atoms with Gasteiger partial charge in [0.1, 0.15) is 11.4 Å². The van der Waals surface area contributed by atoms with Crippen LogP contribution in [0.4, 0.5) is 0 Å². The first kappa shape index (κ1) is 31.2. The van der Waals surface area contributed by atoms with Crippen molar-refractivity contribution in [2.75, 3.05) is 13.7 Å². The number of rotatable bonds is 11. The molecule has 1 aromatic carbocycles. The summed E-state index contributed by atoms with van der Waals surface area (Å²) >= 11 is 0. The summed E-state index contributed by atoms with van der Waals surface area (Å²) in [5.41, 5.74) is 1.50. The SMILES string of the molecule is COc1ccc(C[C@@H](O[Si](C)(C)C(C)(C)C)[C@@H](CO[Si](C)(C)C(C)(C)C)NC(=O)c2ccccn2)cc1. The predicted molar refractivity (Wildman–Crippen MR) is 157 cm³/mol. The molecule has 8 heteroatoms. The Morgan fingerprint density at radius 1 is 0.919 bits per heavy atom. The molecule has 0 bridgehead atoms. The highest BCUT2D eigenvalue weighted by Gasteiger charge is 2.43. The molecule has 0 aliphatic carbocycles. The molecule has 2 rings (SSSR count). The van der Waals surface area contributed by atoms with Gasteiger partial charge in [0, 0.05) is 6.20 Å². The molecule has 0 saturated heterocycles. The minimum absolute atomic E-state index is 0.0149. The van der Waals surface area contributed by atoms with Gasteiger partial charge in [0.05, 0.1) is 25.9 Å². The Labute approximate surface area is 226 Å². The smallest absolute Gasteiger partial charge is 0.270 e. The van der Waals surface area contributed by atoms with Crippen molar-refractivity contribution in [3.8, 4) is 5.75 Å². The Balaban J connectivity index is 2.46. The van der Waals surface area contributed by atoms with Crippen LogP contribution in [0.1, 0.15) is 57.6 Å². The van der Waals surface area contributed by atoms with E-state index in [4.69, 9.17) is 13.6 Å². The molecule has 0 fully saturated rings. The van der Waals surface area contributed by atoms with Crippen molar-refractivity contribution in [2.45, 2.75) is 96.4 Å². The summed E-state index contributed by atoms with van der Waals surface area (Å²) in [4.78, 5) is 17.6. The second-order valence-electron chi connectivity index (χ2n) is 12.8. The number of pyridine rings is 1. The summed E-state index contributed by atoms with van der Waals surface area (Å²) in [6, 6.07) is 13.1. The highest BCUT2D eigenvalue weighted by atomic mass is 28.4. The molecule has 1 heterocycles. The van der Waals surface area contributed by atoms with E-state index < -0.39 is 16.6 Å². The fourth-order valence-corrected chi connectivity index (χ4v) is 5.70. The van der Waals surface area contributed by atoms with E-state index in [1.807, 2.05) is 24.3 Å². The van der Waals surface area contributed by atoms with Gasteiger partial charge in [-0.25, -0.2) is 0 Å². The Hall–Kier alpha value is -2.01. The number of carbonyl (C=O) groups excluding carboxylic acids is 1. The van der Waals surface area contributed by atoms with Crippen molar-refractivity contribution < 1.29 is 18.4 Å². The zero-order valence-electron chi connectivity index (χ0n) is 24.8. The third kappa shape index (κ3) is 8.77. The zero-order chi connectivity index (χ0) is 28.1. The fourth-order valence-electron chi connectivity index (χ4n) is 3.31. The van der Waals surface area contributed by atoms with Crippen LogP contribution in [0.25, 0.3) is 0 Å². The molecule has 0 saturated carbocycles. The maximum Gasteiger partial charge on any atom is 0.270 e. The van der Waals surface area contributed by atoms with Gasteiger partial charge < -0.3 is 18.9 Å².